The van der Waals surface area contributed by atoms with Crippen molar-refractivity contribution >= 4 is 43.5 Å². The lowest BCUT2D eigenvalue weighted by Gasteiger charge is -2.34. The Morgan fingerprint density at radius 1 is 0.345 bits per heavy atom. The van der Waals surface area contributed by atoms with Crippen LogP contribution in [0.15, 0.2) is 218 Å². The quantitative estimate of drug-likeness (QED) is 0.161. The van der Waals surface area contributed by atoms with Crippen LogP contribution >= 0.6 is 0 Å². The topological polar surface area (TPSA) is 17.8 Å². The lowest BCUT2D eigenvalue weighted by atomic mass is 9.67. The summed E-state index contributed by atoms with van der Waals surface area (Å²) in [6, 6.07) is 79.9. The van der Waals surface area contributed by atoms with E-state index >= 15 is 0 Å². The Bertz CT molecular complexity index is 3340. The van der Waals surface area contributed by atoms with E-state index in [9.17, 15) is 0 Å². The summed E-state index contributed by atoms with van der Waals surface area (Å²) < 4.78 is 2.40. The van der Waals surface area contributed by atoms with Crippen molar-refractivity contribution in [3.05, 3.63) is 241 Å². The molecule has 2 aromatic heterocycles. The molecular formula is C56H36N2. The van der Waals surface area contributed by atoms with Crippen molar-refractivity contribution in [3.63, 3.8) is 0 Å². The van der Waals surface area contributed by atoms with E-state index in [0.29, 0.717) is 0 Å². The molecule has 0 fully saturated rings. The Morgan fingerprint density at radius 3 is 1.76 bits per heavy atom. The molecule has 9 aromatic carbocycles. The number of fused-ring (bicyclic) bond motifs is 9. The first-order chi connectivity index (χ1) is 28.8. The van der Waals surface area contributed by atoms with E-state index in [2.05, 4.69) is 223 Å². The Labute approximate surface area is 336 Å². The Morgan fingerprint density at radius 2 is 0.966 bits per heavy atom. The zero-order valence-electron chi connectivity index (χ0n) is 31.7. The Hall–Kier alpha value is -7.55. The zero-order chi connectivity index (χ0) is 38.2. The molecular weight excluding hydrogens is 701 g/mol. The molecule has 0 saturated heterocycles. The molecule has 0 N–H and O–H groups in total. The average molecular weight is 737 g/mol. The molecule has 1 aliphatic carbocycles. The van der Waals surface area contributed by atoms with Crippen molar-refractivity contribution in [2.75, 3.05) is 0 Å². The molecule has 0 amide bonds. The second kappa shape index (κ2) is 12.7. The van der Waals surface area contributed by atoms with E-state index in [0.717, 1.165) is 38.8 Å². The average Bonchev–Trinajstić information content (AvgIpc) is 3.79. The summed E-state index contributed by atoms with van der Waals surface area (Å²) in [4.78, 5) is 5.45. The molecule has 1 aliphatic rings. The van der Waals surface area contributed by atoms with Crippen molar-refractivity contribution < 1.29 is 0 Å². The van der Waals surface area contributed by atoms with Crippen LogP contribution in [0, 0.1) is 0 Å². The molecule has 0 saturated carbocycles. The zero-order valence-corrected chi connectivity index (χ0v) is 31.7. The number of para-hydroxylation sites is 3. The van der Waals surface area contributed by atoms with Crippen molar-refractivity contribution in [2.45, 2.75) is 5.41 Å². The SMILES string of the molecule is c1ccc(-n2c3ccccc3c3cc4c(cc32)c(-c2cccc(-c3ccc5c(c3)C(c3ccccc3)(c3ccccc3)c3ccccc3-5)c2)nc2ccccc24)cc1. The van der Waals surface area contributed by atoms with Crippen LogP contribution < -0.4 is 0 Å². The van der Waals surface area contributed by atoms with Gasteiger partial charge in [-0.2, -0.15) is 0 Å². The maximum absolute atomic E-state index is 5.45. The minimum atomic E-state index is -0.458. The maximum Gasteiger partial charge on any atom is 0.0789 e. The molecule has 2 nitrogen and oxygen atoms in total. The van der Waals surface area contributed by atoms with Crippen molar-refractivity contribution in [1.82, 2.24) is 9.55 Å². The van der Waals surface area contributed by atoms with Gasteiger partial charge in [0.15, 0.2) is 0 Å². The van der Waals surface area contributed by atoms with Crippen LogP contribution in [0.5, 0.6) is 0 Å². The third-order valence-corrected chi connectivity index (χ3v) is 12.4. The summed E-state index contributed by atoms with van der Waals surface area (Å²) in [6.07, 6.45) is 0. The van der Waals surface area contributed by atoms with Gasteiger partial charge in [0.25, 0.3) is 0 Å². The summed E-state index contributed by atoms with van der Waals surface area (Å²) in [7, 11) is 0. The van der Waals surface area contributed by atoms with Gasteiger partial charge in [-0.05, 0) is 98.4 Å². The van der Waals surface area contributed by atoms with Crippen LogP contribution in [0.1, 0.15) is 22.3 Å². The number of aromatic nitrogens is 2. The summed E-state index contributed by atoms with van der Waals surface area (Å²) in [5.41, 5.74) is 16.2. The van der Waals surface area contributed by atoms with Gasteiger partial charge in [-0.15, -0.1) is 0 Å². The van der Waals surface area contributed by atoms with Gasteiger partial charge in [-0.1, -0.05) is 170 Å². The van der Waals surface area contributed by atoms with Gasteiger partial charge >= 0.3 is 0 Å². The molecule has 0 atom stereocenters. The minimum absolute atomic E-state index is 0.458. The van der Waals surface area contributed by atoms with Gasteiger partial charge in [0.1, 0.15) is 0 Å². The van der Waals surface area contributed by atoms with Gasteiger partial charge < -0.3 is 4.57 Å². The largest absolute Gasteiger partial charge is 0.309 e. The third kappa shape index (κ3) is 4.69. The molecule has 0 bridgehead atoms. The van der Waals surface area contributed by atoms with E-state index in [-0.39, 0.29) is 0 Å². The fourth-order valence-corrected chi connectivity index (χ4v) is 9.96. The van der Waals surface area contributed by atoms with Crippen LogP contribution in [0.4, 0.5) is 0 Å². The number of pyridine rings is 1. The van der Waals surface area contributed by atoms with Gasteiger partial charge in [0.2, 0.25) is 0 Å². The molecule has 0 radical (unpaired) electrons. The lowest BCUT2D eigenvalue weighted by molar-refractivity contribution is 0.769. The molecule has 0 aliphatic heterocycles. The summed E-state index contributed by atoms with van der Waals surface area (Å²) in [5, 5.41) is 5.99. The molecule has 0 unspecified atom stereocenters. The van der Waals surface area contributed by atoms with Gasteiger partial charge in [-0.25, -0.2) is 4.98 Å². The van der Waals surface area contributed by atoms with Crippen molar-refractivity contribution in [2.24, 2.45) is 0 Å². The van der Waals surface area contributed by atoms with Crippen molar-refractivity contribution in [3.8, 4) is 39.2 Å². The van der Waals surface area contributed by atoms with Crippen LogP contribution in [-0.2, 0) is 5.41 Å². The maximum atomic E-state index is 5.45. The number of nitrogens with zero attached hydrogens (tertiary/aromatic N) is 2. The summed E-state index contributed by atoms with van der Waals surface area (Å²) in [6.45, 7) is 0. The predicted molar refractivity (Wildman–Crippen MR) is 242 cm³/mol. The second-order valence-corrected chi connectivity index (χ2v) is 15.4. The number of hydrogen-bond acceptors (Lipinski definition) is 1. The molecule has 270 valence electrons. The summed E-state index contributed by atoms with van der Waals surface area (Å²) >= 11 is 0. The van der Waals surface area contributed by atoms with Gasteiger partial charge in [0, 0.05) is 32.8 Å². The highest BCUT2D eigenvalue weighted by Gasteiger charge is 2.46. The molecule has 2 heteroatoms. The van der Waals surface area contributed by atoms with E-state index in [4.69, 9.17) is 4.98 Å². The first-order valence-corrected chi connectivity index (χ1v) is 20.0. The van der Waals surface area contributed by atoms with Gasteiger partial charge in [0.05, 0.1) is 27.7 Å². The second-order valence-electron chi connectivity index (χ2n) is 15.4. The van der Waals surface area contributed by atoms with Crippen LogP contribution in [0.3, 0.4) is 0 Å². The monoisotopic (exact) mass is 736 g/mol. The van der Waals surface area contributed by atoms with Crippen LogP contribution in [0.25, 0.3) is 82.7 Å². The highest BCUT2D eigenvalue weighted by Crippen LogP contribution is 2.56. The number of benzene rings is 9. The highest BCUT2D eigenvalue weighted by molar-refractivity contribution is 6.20. The highest BCUT2D eigenvalue weighted by atomic mass is 15.0. The standard InChI is InChI=1S/C56H36N2/c1-4-19-40(20-5-1)56(41-21-6-2-7-22-41)50-28-13-10-25-43(50)44-32-31-38(34-51(44)56)37-17-16-18-39(33-37)55-49-36-54-48(35-47(49)45-26-11-14-29-52(45)57-55)46-27-12-15-30-53(46)58(54)42-23-8-3-9-24-42/h1-36H. The Kier molecular flexibility index (Phi) is 7.18. The third-order valence-electron chi connectivity index (χ3n) is 12.4. The molecule has 11 aromatic rings. The number of rotatable bonds is 5. The predicted octanol–water partition coefficient (Wildman–Crippen LogP) is 14.2. The van der Waals surface area contributed by atoms with Crippen molar-refractivity contribution in [1.29, 1.82) is 0 Å². The summed E-state index contributed by atoms with van der Waals surface area (Å²) in [5.74, 6) is 0. The minimum Gasteiger partial charge on any atom is -0.309 e. The van der Waals surface area contributed by atoms with Crippen LogP contribution in [-0.4, -0.2) is 9.55 Å². The van der Waals surface area contributed by atoms with E-state index in [1.807, 2.05) is 0 Å². The fraction of sp³-hybridized carbons (Fsp3) is 0.0179. The first-order valence-electron chi connectivity index (χ1n) is 20.0. The first kappa shape index (κ1) is 32.7. The normalized spacial score (nSPS) is 13.0. The molecule has 2 heterocycles. The molecule has 0 spiro atoms. The molecule has 12 rings (SSSR count). The fourth-order valence-electron chi connectivity index (χ4n) is 9.96. The Balaban J connectivity index is 1.09. The smallest absolute Gasteiger partial charge is 0.0789 e. The lowest BCUT2D eigenvalue weighted by Crippen LogP contribution is -2.28. The molecule has 58 heavy (non-hydrogen) atoms. The van der Waals surface area contributed by atoms with Gasteiger partial charge in [-0.3, -0.25) is 0 Å². The van der Waals surface area contributed by atoms with Crippen LogP contribution in [0.2, 0.25) is 0 Å². The number of hydrogen-bond donors (Lipinski definition) is 0. The van der Waals surface area contributed by atoms with E-state index in [1.165, 1.54) is 66.1 Å². The van der Waals surface area contributed by atoms with E-state index in [1.54, 1.807) is 0 Å². The van der Waals surface area contributed by atoms with E-state index < -0.39 is 5.41 Å².